The summed E-state index contributed by atoms with van der Waals surface area (Å²) in [5, 5.41) is 10.6. The van der Waals surface area contributed by atoms with Crippen LogP contribution < -0.4 is 11.1 Å². The van der Waals surface area contributed by atoms with Crippen molar-refractivity contribution in [3.05, 3.63) is 59.1 Å². The van der Waals surface area contributed by atoms with Crippen molar-refractivity contribution in [3.63, 3.8) is 0 Å². The van der Waals surface area contributed by atoms with Gasteiger partial charge in [0.05, 0.1) is 20.5 Å². The molecule has 0 bridgehead atoms. The summed E-state index contributed by atoms with van der Waals surface area (Å²) >= 11 is 2.95. The highest BCUT2D eigenvalue weighted by Gasteiger charge is 2.17. The zero-order valence-electron chi connectivity index (χ0n) is 15.0. The molecule has 4 rings (SSSR count). The Morgan fingerprint density at radius 1 is 1.21 bits per heavy atom. The number of amides is 1. The highest BCUT2D eigenvalue weighted by molar-refractivity contribution is 8.00. The lowest BCUT2D eigenvalue weighted by atomic mass is 10.1. The van der Waals surface area contributed by atoms with Crippen molar-refractivity contribution in [2.75, 3.05) is 11.1 Å². The molecule has 0 aliphatic rings. The van der Waals surface area contributed by atoms with Crippen LogP contribution in [-0.4, -0.2) is 31.3 Å². The van der Waals surface area contributed by atoms with Gasteiger partial charge in [-0.15, -0.1) is 16.4 Å². The highest BCUT2D eigenvalue weighted by Crippen LogP contribution is 2.24. The Morgan fingerprint density at radius 2 is 2.00 bits per heavy atom. The summed E-state index contributed by atoms with van der Waals surface area (Å²) in [7, 11) is 0. The maximum absolute atomic E-state index is 12.4. The minimum absolute atomic E-state index is 0.118. The van der Waals surface area contributed by atoms with Crippen LogP contribution >= 0.6 is 23.1 Å². The summed E-state index contributed by atoms with van der Waals surface area (Å²) in [5.74, 6) is 0.117. The Hall–Kier alpha value is -2.91. The molecule has 0 saturated heterocycles. The number of anilines is 2. The molecule has 0 unspecified atom stereocenters. The fourth-order valence-electron chi connectivity index (χ4n) is 2.64. The minimum Gasteiger partial charge on any atom is -0.368 e. The van der Waals surface area contributed by atoms with Crippen molar-refractivity contribution in [1.82, 2.24) is 20.2 Å². The number of nitrogen functional groups attached to an aromatic ring is 1. The molecule has 0 radical (unpaired) electrons. The second-order valence-corrected chi connectivity index (χ2v) is 8.62. The van der Waals surface area contributed by atoms with E-state index in [1.807, 2.05) is 42.5 Å². The third kappa shape index (κ3) is 4.32. The molecule has 1 atom stereocenters. The van der Waals surface area contributed by atoms with Crippen molar-refractivity contribution in [2.24, 2.45) is 0 Å². The van der Waals surface area contributed by atoms with Crippen LogP contribution in [0.4, 0.5) is 11.6 Å². The first-order chi connectivity index (χ1) is 13.6. The summed E-state index contributed by atoms with van der Waals surface area (Å²) in [4.78, 5) is 21.0. The fourth-order valence-corrected chi connectivity index (χ4v) is 4.38. The lowest BCUT2D eigenvalue weighted by Gasteiger charge is -2.10. The standard InChI is InChI=1S/C19H18N6OS2/c1-11(27-19-23-18(20)24-25-19)17(26)21-13-8-6-12(7-9-13)10-16-22-14-4-2-3-5-15(14)28-16/h2-9,11H,10H2,1H3,(H,21,26)(H3,20,23,24,25)/t11-/m0/s1. The monoisotopic (exact) mass is 410 g/mol. The zero-order chi connectivity index (χ0) is 19.5. The smallest absolute Gasteiger partial charge is 0.237 e. The van der Waals surface area contributed by atoms with Gasteiger partial charge in [-0.1, -0.05) is 36.0 Å². The summed E-state index contributed by atoms with van der Waals surface area (Å²) in [6.45, 7) is 1.80. The number of nitrogens with zero attached hydrogens (tertiary/aromatic N) is 3. The fraction of sp³-hybridized carbons (Fsp3) is 0.158. The Bertz CT molecular complexity index is 1070. The summed E-state index contributed by atoms with van der Waals surface area (Å²) < 4.78 is 1.20. The second kappa shape index (κ2) is 7.99. The Balaban J connectivity index is 1.36. The van der Waals surface area contributed by atoms with Crippen LogP contribution in [-0.2, 0) is 11.2 Å². The predicted octanol–water partition coefficient (Wildman–Crippen LogP) is 3.71. The number of aromatic nitrogens is 4. The number of carbonyl (C=O) groups excluding carboxylic acids is 1. The summed E-state index contributed by atoms with van der Waals surface area (Å²) in [6, 6.07) is 16.0. The number of rotatable bonds is 6. The number of fused-ring (bicyclic) bond motifs is 1. The second-order valence-electron chi connectivity index (χ2n) is 6.20. The Kier molecular flexibility index (Phi) is 5.27. The third-order valence-electron chi connectivity index (χ3n) is 4.05. The van der Waals surface area contributed by atoms with Crippen LogP contribution in [0.25, 0.3) is 10.2 Å². The maximum Gasteiger partial charge on any atom is 0.237 e. The molecule has 1 amide bonds. The predicted molar refractivity (Wildman–Crippen MR) is 114 cm³/mol. The summed E-state index contributed by atoms with van der Waals surface area (Å²) in [6.07, 6.45) is 0.770. The topological polar surface area (TPSA) is 110 Å². The molecule has 9 heteroatoms. The van der Waals surface area contributed by atoms with E-state index < -0.39 is 0 Å². The van der Waals surface area contributed by atoms with Crippen LogP contribution in [0.5, 0.6) is 0 Å². The van der Waals surface area contributed by atoms with E-state index in [1.54, 1.807) is 18.3 Å². The average molecular weight is 411 g/mol. The van der Waals surface area contributed by atoms with E-state index in [1.165, 1.54) is 16.5 Å². The van der Waals surface area contributed by atoms with Crippen molar-refractivity contribution in [1.29, 1.82) is 0 Å². The largest absolute Gasteiger partial charge is 0.368 e. The highest BCUT2D eigenvalue weighted by atomic mass is 32.2. The molecule has 0 aliphatic carbocycles. The number of aromatic amines is 1. The Labute approximate surface area is 169 Å². The van der Waals surface area contributed by atoms with E-state index in [9.17, 15) is 4.79 Å². The van der Waals surface area contributed by atoms with Gasteiger partial charge < -0.3 is 11.1 Å². The van der Waals surface area contributed by atoms with Crippen LogP contribution in [0.1, 0.15) is 17.5 Å². The van der Waals surface area contributed by atoms with Gasteiger partial charge in [-0.25, -0.2) is 10.1 Å². The van der Waals surface area contributed by atoms with Gasteiger partial charge in [-0.2, -0.15) is 4.98 Å². The van der Waals surface area contributed by atoms with E-state index in [0.717, 1.165) is 28.2 Å². The number of hydrogen-bond donors (Lipinski definition) is 3. The van der Waals surface area contributed by atoms with Gasteiger partial charge in [-0.05, 0) is 36.8 Å². The number of benzene rings is 2. The average Bonchev–Trinajstić information content (AvgIpc) is 3.28. The lowest BCUT2D eigenvalue weighted by Crippen LogP contribution is -2.22. The van der Waals surface area contributed by atoms with Gasteiger partial charge in [0, 0.05) is 12.1 Å². The van der Waals surface area contributed by atoms with Gasteiger partial charge in [0.25, 0.3) is 0 Å². The quantitative estimate of drug-likeness (QED) is 0.418. The van der Waals surface area contributed by atoms with Crippen LogP contribution in [0.2, 0.25) is 0 Å². The maximum atomic E-state index is 12.4. The normalized spacial score (nSPS) is 12.2. The molecule has 7 nitrogen and oxygen atoms in total. The molecule has 0 fully saturated rings. The van der Waals surface area contributed by atoms with Crippen molar-refractivity contribution in [2.45, 2.75) is 23.8 Å². The van der Waals surface area contributed by atoms with E-state index in [0.29, 0.717) is 5.16 Å². The lowest BCUT2D eigenvalue weighted by molar-refractivity contribution is -0.115. The van der Waals surface area contributed by atoms with Gasteiger partial charge in [-0.3, -0.25) is 4.79 Å². The third-order valence-corrected chi connectivity index (χ3v) is 6.05. The summed E-state index contributed by atoms with van der Waals surface area (Å²) in [5.41, 5.74) is 8.43. The molecular weight excluding hydrogens is 392 g/mol. The number of para-hydroxylation sites is 1. The number of hydrogen-bond acceptors (Lipinski definition) is 7. The molecule has 142 valence electrons. The number of nitrogens with two attached hydrogens (primary N) is 1. The molecule has 2 aromatic carbocycles. The zero-order valence-corrected chi connectivity index (χ0v) is 16.7. The van der Waals surface area contributed by atoms with Crippen LogP contribution in [0.15, 0.2) is 53.7 Å². The minimum atomic E-state index is -0.349. The molecule has 2 heterocycles. The molecule has 0 aliphatic heterocycles. The van der Waals surface area contributed by atoms with Crippen LogP contribution in [0.3, 0.4) is 0 Å². The molecule has 4 aromatic rings. The van der Waals surface area contributed by atoms with Gasteiger partial charge in [0.1, 0.15) is 0 Å². The molecule has 0 saturated carbocycles. The van der Waals surface area contributed by atoms with E-state index in [4.69, 9.17) is 5.73 Å². The van der Waals surface area contributed by atoms with Gasteiger partial charge in [0.2, 0.25) is 17.0 Å². The molecule has 4 N–H and O–H groups in total. The van der Waals surface area contributed by atoms with E-state index in [2.05, 4.69) is 31.5 Å². The molecular formula is C19H18N6OS2. The number of carbonyl (C=O) groups is 1. The van der Waals surface area contributed by atoms with Crippen molar-refractivity contribution < 1.29 is 4.79 Å². The Morgan fingerprint density at radius 3 is 2.71 bits per heavy atom. The first-order valence-electron chi connectivity index (χ1n) is 8.65. The molecule has 0 spiro atoms. The van der Waals surface area contributed by atoms with Crippen molar-refractivity contribution in [3.8, 4) is 0 Å². The number of thioether (sulfide) groups is 1. The molecule has 2 aromatic heterocycles. The molecule has 28 heavy (non-hydrogen) atoms. The first kappa shape index (κ1) is 18.5. The van der Waals surface area contributed by atoms with Crippen LogP contribution in [0, 0.1) is 0 Å². The number of nitrogens with one attached hydrogen (secondary N) is 2. The van der Waals surface area contributed by atoms with Gasteiger partial charge >= 0.3 is 0 Å². The van der Waals surface area contributed by atoms with Crippen molar-refractivity contribution >= 4 is 50.9 Å². The first-order valence-corrected chi connectivity index (χ1v) is 10.4. The number of thiazole rings is 1. The number of H-pyrrole nitrogens is 1. The SMILES string of the molecule is C[C@H](Sc1n[nH]c(N)n1)C(=O)Nc1ccc(Cc2nc3ccccc3s2)cc1. The van der Waals surface area contributed by atoms with Gasteiger partial charge in [0.15, 0.2) is 0 Å². The van der Waals surface area contributed by atoms with E-state index >= 15 is 0 Å². The van der Waals surface area contributed by atoms with E-state index in [-0.39, 0.29) is 17.1 Å².